The molecule has 0 fully saturated rings. The molecule has 0 saturated carbocycles. The van der Waals surface area contributed by atoms with Gasteiger partial charge in [0, 0.05) is 0 Å². The van der Waals surface area contributed by atoms with Crippen LogP contribution in [0.2, 0.25) is 0 Å². The maximum atomic E-state index is 5.62. The van der Waals surface area contributed by atoms with E-state index in [1.165, 1.54) is 11.1 Å². The van der Waals surface area contributed by atoms with E-state index in [0.717, 1.165) is 18.8 Å². The van der Waals surface area contributed by atoms with Crippen molar-refractivity contribution >= 4 is 6.08 Å². The molecule has 0 bridgehead atoms. The summed E-state index contributed by atoms with van der Waals surface area (Å²) in [5, 5.41) is 0. The van der Waals surface area contributed by atoms with Gasteiger partial charge in [0.15, 0.2) is 0 Å². The average Bonchev–Trinajstić information content (AvgIpc) is 2.52. The largest absolute Gasteiger partial charge is 0.497 e. The molecule has 0 N–H and O–H groups in total. The molecule has 0 aliphatic rings. The molecule has 2 nitrogen and oxygen atoms in total. The molecular weight excluding hydrogens is 248 g/mol. The number of benzene rings is 2. The minimum absolute atomic E-state index is 0.678. The van der Waals surface area contributed by atoms with Gasteiger partial charge in [0.1, 0.15) is 5.75 Å². The van der Waals surface area contributed by atoms with Crippen LogP contribution in [0.4, 0.5) is 0 Å². The van der Waals surface area contributed by atoms with Gasteiger partial charge in [-0.1, -0.05) is 54.6 Å². The fraction of sp³-hybridized carbons (Fsp3) is 0.222. The van der Waals surface area contributed by atoms with E-state index in [-0.39, 0.29) is 0 Å². The first-order valence-corrected chi connectivity index (χ1v) is 6.81. The van der Waals surface area contributed by atoms with E-state index in [1.807, 2.05) is 42.5 Å². The van der Waals surface area contributed by atoms with E-state index in [2.05, 4.69) is 24.3 Å². The smallest absolute Gasteiger partial charge is 0.118 e. The fourth-order valence-corrected chi connectivity index (χ4v) is 1.85. The molecule has 0 aliphatic heterocycles. The lowest BCUT2D eigenvalue weighted by Crippen LogP contribution is -1.93. The van der Waals surface area contributed by atoms with Crippen LogP contribution in [0.15, 0.2) is 60.7 Å². The minimum Gasteiger partial charge on any atom is -0.497 e. The second-order valence-electron chi connectivity index (χ2n) is 4.50. The zero-order chi connectivity index (χ0) is 14.0. The monoisotopic (exact) mass is 268 g/mol. The zero-order valence-corrected chi connectivity index (χ0v) is 11.8. The van der Waals surface area contributed by atoms with Gasteiger partial charge in [-0.3, -0.25) is 0 Å². The summed E-state index contributed by atoms with van der Waals surface area (Å²) >= 11 is 0. The van der Waals surface area contributed by atoms with Gasteiger partial charge in [0.05, 0.1) is 20.3 Å². The third-order valence-electron chi connectivity index (χ3n) is 2.97. The van der Waals surface area contributed by atoms with Crippen molar-refractivity contribution in [3.63, 3.8) is 0 Å². The summed E-state index contributed by atoms with van der Waals surface area (Å²) < 4.78 is 10.7. The van der Waals surface area contributed by atoms with Crippen LogP contribution in [-0.2, 0) is 11.3 Å². The number of hydrogen-bond donors (Lipinski definition) is 0. The molecule has 0 unspecified atom stereocenters. The molecule has 0 radical (unpaired) electrons. The molecule has 2 rings (SSSR count). The van der Waals surface area contributed by atoms with E-state index in [0.29, 0.717) is 6.61 Å². The Morgan fingerprint density at radius 1 is 0.950 bits per heavy atom. The SMILES string of the molecule is COc1ccc(/C=C/CCOCc2ccccc2)cc1. The Balaban J connectivity index is 1.66. The Hall–Kier alpha value is -2.06. The lowest BCUT2D eigenvalue weighted by atomic mass is 10.2. The van der Waals surface area contributed by atoms with Gasteiger partial charge >= 0.3 is 0 Å². The Morgan fingerprint density at radius 3 is 2.40 bits per heavy atom. The van der Waals surface area contributed by atoms with Crippen molar-refractivity contribution in [1.82, 2.24) is 0 Å². The Morgan fingerprint density at radius 2 is 1.70 bits per heavy atom. The average molecular weight is 268 g/mol. The summed E-state index contributed by atoms with van der Waals surface area (Å²) in [6.07, 6.45) is 5.15. The molecule has 2 aromatic carbocycles. The summed E-state index contributed by atoms with van der Waals surface area (Å²) in [6, 6.07) is 18.2. The first-order valence-electron chi connectivity index (χ1n) is 6.81. The Kier molecular flexibility index (Phi) is 5.87. The van der Waals surface area contributed by atoms with E-state index in [4.69, 9.17) is 9.47 Å². The molecule has 2 aromatic rings. The van der Waals surface area contributed by atoms with Crippen LogP contribution in [0.1, 0.15) is 17.5 Å². The highest BCUT2D eigenvalue weighted by atomic mass is 16.5. The summed E-state index contributed by atoms with van der Waals surface area (Å²) in [5.41, 5.74) is 2.39. The number of ether oxygens (including phenoxy) is 2. The van der Waals surface area contributed by atoms with Crippen molar-refractivity contribution in [2.45, 2.75) is 13.0 Å². The lowest BCUT2D eigenvalue weighted by Gasteiger charge is -2.02. The normalized spacial score (nSPS) is 10.8. The van der Waals surface area contributed by atoms with E-state index in [9.17, 15) is 0 Å². The topological polar surface area (TPSA) is 18.5 Å². The number of hydrogen-bond acceptors (Lipinski definition) is 2. The van der Waals surface area contributed by atoms with Crippen molar-refractivity contribution in [3.05, 3.63) is 71.8 Å². The second kappa shape index (κ2) is 8.18. The zero-order valence-electron chi connectivity index (χ0n) is 11.8. The van der Waals surface area contributed by atoms with Crippen molar-refractivity contribution in [1.29, 1.82) is 0 Å². The number of rotatable bonds is 7. The van der Waals surface area contributed by atoms with Gasteiger partial charge < -0.3 is 9.47 Å². The van der Waals surface area contributed by atoms with E-state index in [1.54, 1.807) is 7.11 Å². The molecule has 0 spiro atoms. The predicted octanol–water partition coefficient (Wildman–Crippen LogP) is 4.32. The van der Waals surface area contributed by atoms with Crippen LogP contribution in [-0.4, -0.2) is 13.7 Å². The molecule has 0 heterocycles. The minimum atomic E-state index is 0.678. The molecular formula is C18H20O2. The fourth-order valence-electron chi connectivity index (χ4n) is 1.85. The molecule has 0 amide bonds. The molecule has 0 aromatic heterocycles. The quantitative estimate of drug-likeness (QED) is 0.696. The molecule has 0 atom stereocenters. The van der Waals surface area contributed by atoms with Gasteiger partial charge in [0.2, 0.25) is 0 Å². The standard InChI is InChI=1S/C18H20O2/c1-19-18-12-10-16(11-13-18)7-5-6-14-20-15-17-8-3-2-4-9-17/h2-5,7-13H,6,14-15H2,1H3/b7-5+. The first kappa shape index (κ1) is 14.4. The maximum absolute atomic E-state index is 5.62. The summed E-state index contributed by atoms with van der Waals surface area (Å²) in [7, 11) is 1.68. The highest BCUT2D eigenvalue weighted by Crippen LogP contribution is 2.12. The maximum Gasteiger partial charge on any atom is 0.118 e. The van der Waals surface area contributed by atoms with Crippen LogP contribution < -0.4 is 4.74 Å². The van der Waals surface area contributed by atoms with Crippen LogP contribution in [0.5, 0.6) is 5.75 Å². The van der Waals surface area contributed by atoms with E-state index >= 15 is 0 Å². The predicted molar refractivity (Wildman–Crippen MR) is 82.7 cm³/mol. The molecule has 0 aliphatic carbocycles. The van der Waals surface area contributed by atoms with Crippen LogP contribution >= 0.6 is 0 Å². The van der Waals surface area contributed by atoms with Gasteiger partial charge in [0.25, 0.3) is 0 Å². The van der Waals surface area contributed by atoms with E-state index < -0.39 is 0 Å². The molecule has 104 valence electrons. The van der Waals surface area contributed by atoms with Crippen LogP contribution in [0.25, 0.3) is 6.08 Å². The molecule has 20 heavy (non-hydrogen) atoms. The summed E-state index contributed by atoms with van der Waals surface area (Å²) in [4.78, 5) is 0. The highest BCUT2D eigenvalue weighted by molar-refractivity contribution is 5.50. The molecule has 2 heteroatoms. The van der Waals surface area contributed by atoms with Gasteiger partial charge in [-0.2, -0.15) is 0 Å². The summed E-state index contributed by atoms with van der Waals surface area (Å²) in [5.74, 6) is 0.883. The third-order valence-corrected chi connectivity index (χ3v) is 2.97. The number of methoxy groups -OCH3 is 1. The van der Waals surface area contributed by atoms with Crippen molar-refractivity contribution in [2.24, 2.45) is 0 Å². The Bertz CT molecular complexity index is 515. The lowest BCUT2D eigenvalue weighted by molar-refractivity contribution is 0.125. The van der Waals surface area contributed by atoms with Crippen molar-refractivity contribution < 1.29 is 9.47 Å². The van der Waals surface area contributed by atoms with Crippen molar-refractivity contribution in [3.8, 4) is 5.75 Å². The third kappa shape index (κ3) is 4.90. The van der Waals surface area contributed by atoms with Crippen LogP contribution in [0.3, 0.4) is 0 Å². The van der Waals surface area contributed by atoms with Gasteiger partial charge in [-0.15, -0.1) is 0 Å². The second-order valence-corrected chi connectivity index (χ2v) is 4.50. The van der Waals surface area contributed by atoms with Gasteiger partial charge in [-0.05, 0) is 29.7 Å². The first-order chi connectivity index (χ1) is 9.88. The summed E-state index contributed by atoms with van der Waals surface area (Å²) in [6.45, 7) is 1.42. The Labute approximate surface area is 120 Å². The van der Waals surface area contributed by atoms with Crippen molar-refractivity contribution in [2.75, 3.05) is 13.7 Å². The highest BCUT2D eigenvalue weighted by Gasteiger charge is 1.91. The molecule has 0 saturated heterocycles. The van der Waals surface area contributed by atoms with Crippen LogP contribution in [0, 0.1) is 0 Å². The van der Waals surface area contributed by atoms with Gasteiger partial charge in [-0.25, -0.2) is 0 Å².